The van der Waals surface area contributed by atoms with E-state index >= 15 is 0 Å². The Balaban J connectivity index is -0.000000402. The lowest BCUT2D eigenvalue weighted by Gasteiger charge is -2.25. The molecule has 0 heterocycles. The summed E-state index contributed by atoms with van der Waals surface area (Å²) < 4.78 is 0. The molecular weight excluding hydrogens is 359 g/mol. The summed E-state index contributed by atoms with van der Waals surface area (Å²) in [5.74, 6) is 0. The van der Waals surface area contributed by atoms with Crippen LogP contribution in [0.3, 0.4) is 0 Å². The highest BCUT2D eigenvalue weighted by molar-refractivity contribution is 6.36. The number of hydrogen-bond acceptors (Lipinski definition) is 2. The van der Waals surface area contributed by atoms with E-state index in [2.05, 4.69) is 48.5 Å². The maximum atomic E-state index is 10.2. The third-order valence-corrected chi connectivity index (χ3v) is 5.79. The van der Waals surface area contributed by atoms with Crippen LogP contribution in [0.2, 0.25) is 6.32 Å². The summed E-state index contributed by atoms with van der Waals surface area (Å²) in [6, 6.07) is 0. The van der Waals surface area contributed by atoms with Crippen LogP contribution in [0.4, 0.5) is 0 Å². The molecule has 0 saturated carbocycles. The molecule has 2 N–H and O–H groups in total. The van der Waals surface area contributed by atoms with Gasteiger partial charge >= 0.3 is 0 Å². The molecule has 0 bridgehead atoms. The van der Waals surface area contributed by atoms with E-state index in [-0.39, 0.29) is 0 Å². The molecule has 0 saturated heterocycles. The van der Waals surface area contributed by atoms with E-state index in [0.29, 0.717) is 6.32 Å². The summed E-state index contributed by atoms with van der Waals surface area (Å²) in [5, 5.41) is 20.4. The van der Waals surface area contributed by atoms with Crippen LogP contribution in [-0.2, 0) is 0 Å². The molecule has 0 radical (unpaired) electrons. The molecule has 0 aliphatic heterocycles. The lowest BCUT2D eigenvalue weighted by atomic mass is 9.83. The Bertz CT molecular complexity index is 238. The SMILES string of the molecule is CCCCCCCCCCCCB([O-])[O-].CC[NH+](CC)CC.CC[NH+](CC)CC. The van der Waals surface area contributed by atoms with E-state index in [1.807, 2.05) is 0 Å². The van der Waals surface area contributed by atoms with Crippen molar-refractivity contribution in [3.63, 3.8) is 0 Å². The topological polar surface area (TPSA) is 55.0 Å². The van der Waals surface area contributed by atoms with Crippen LogP contribution in [0.15, 0.2) is 0 Å². The zero-order chi connectivity index (χ0) is 22.8. The second kappa shape index (κ2) is 30.1. The van der Waals surface area contributed by atoms with Gasteiger partial charge in [-0.25, -0.2) is 0 Å². The zero-order valence-corrected chi connectivity index (χ0v) is 21.4. The van der Waals surface area contributed by atoms with Crippen LogP contribution < -0.4 is 19.8 Å². The minimum Gasteiger partial charge on any atom is -0.893 e. The molecule has 29 heavy (non-hydrogen) atoms. The lowest BCUT2D eigenvalue weighted by Crippen LogP contribution is -3.11. The van der Waals surface area contributed by atoms with E-state index in [1.54, 1.807) is 9.80 Å². The summed E-state index contributed by atoms with van der Waals surface area (Å²) in [6.07, 6.45) is 12.8. The molecule has 0 amide bonds. The second-order valence-corrected chi connectivity index (χ2v) is 8.02. The summed E-state index contributed by atoms with van der Waals surface area (Å²) in [6.45, 7) is 23.2. The van der Waals surface area contributed by atoms with Crippen molar-refractivity contribution in [3.8, 4) is 0 Å². The first-order chi connectivity index (χ1) is 14.0. The molecule has 4 nitrogen and oxygen atoms in total. The lowest BCUT2D eigenvalue weighted by molar-refractivity contribution is -0.894. The molecule has 0 aromatic rings. The maximum Gasteiger partial charge on any atom is 0.0742 e. The van der Waals surface area contributed by atoms with E-state index in [4.69, 9.17) is 0 Å². The standard InChI is InChI=1S/C12H25BO2.2C6H15N/c1-2-3-4-5-6-7-8-9-10-11-12-13(14)15;2*1-4-7(5-2)6-3/h2-12H2,1H3;2*4-6H2,1-3H3/q-2;;/p+2. The molecule has 5 heteroatoms. The summed E-state index contributed by atoms with van der Waals surface area (Å²) in [7, 11) is -1.60. The van der Waals surface area contributed by atoms with Gasteiger partial charge in [-0.05, 0) is 41.5 Å². The first-order valence-electron chi connectivity index (χ1n) is 13.0. The quantitative estimate of drug-likeness (QED) is 0.281. The number of unbranched alkanes of at least 4 members (excludes halogenated alkanes) is 9. The molecule has 0 rings (SSSR count). The average Bonchev–Trinajstić information content (AvgIpc) is 2.73. The summed E-state index contributed by atoms with van der Waals surface area (Å²) in [4.78, 5) is 3.36. The van der Waals surface area contributed by atoms with Crippen molar-refractivity contribution in [2.45, 2.75) is 119 Å². The molecular formula is C24H57BN2O2. The van der Waals surface area contributed by atoms with Crippen molar-refractivity contribution in [2.24, 2.45) is 0 Å². The molecule has 178 valence electrons. The highest BCUT2D eigenvalue weighted by Crippen LogP contribution is 2.11. The minimum absolute atomic E-state index is 0.316. The van der Waals surface area contributed by atoms with Crippen molar-refractivity contribution in [1.29, 1.82) is 0 Å². The summed E-state index contributed by atoms with van der Waals surface area (Å²) in [5.41, 5.74) is 0. The fraction of sp³-hybridized carbons (Fsp3) is 1.00. The smallest absolute Gasteiger partial charge is 0.0742 e. The van der Waals surface area contributed by atoms with E-state index in [0.717, 1.165) is 12.8 Å². The van der Waals surface area contributed by atoms with Gasteiger partial charge in [0.05, 0.1) is 39.3 Å². The summed E-state index contributed by atoms with van der Waals surface area (Å²) >= 11 is 0. The van der Waals surface area contributed by atoms with Gasteiger partial charge in [-0.2, -0.15) is 0 Å². The Morgan fingerprint density at radius 1 is 0.448 bits per heavy atom. The van der Waals surface area contributed by atoms with Gasteiger partial charge in [0.1, 0.15) is 0 Å². The first-order valence-corrected chi connectivity index (χ1v) is 13.0. The monoisotopic (exact) mass is 416 g/mol. The van der Waals surface area contributed by atoms with Gasteiger partial charge < -0.3 is 19.8 Å². The van der Waals surface area contributed by atoms with E-state index < -0.39 is 7.12 Å². The van der Waals surface area contributed by atoms with Gasteiger partial charge in [-0.3, -0.25) is 0 Å². The van der Waals surface area contributed by atoms with Crippen LogP contribution in [0.5, 0.6) is 0 Å². The van der Waals surface area contributed by atoms with Crippen LogP contribution in [0.25, 0.3) is 0 Å². The predicted molar refractivity (Wildman–Crippen MR) is 128 cm³/mol. The van der Waals surface area contributed by atoms with Crippen LogP contribution in [-0.4, -0.2) is 46.4 Å². The van der Waals surface area contributed by atoms with Gasteiger partial charge in [0, 0.05) is 0 Å². The molecule has 0 aliphatic carbocycles. The third kappa shape index (κ3) is 32.8. The van der Waals surface area contributed by atoms with Gasteiger partial charge in [0.25, 0.3) is 0 Å². The molecule has 0 aliphatic rings. The normalized spacial score (nSPS) is 10.4. The zero-order valence-electron chi connectivity index (χ0n) is 21.4. The molecule has 0 unspecified atom stereocenters. The first kappa shape index (κ1) is 33.5. The second-order valence-electron chi connectivity index (χ2n) is 8.02. The van der Waals surface area contributed by atoms with Crippen LogP contribution in [0, 0.1) is 0 Å². The largest absolute Gasteiger partial charge is 0.893 e. The number of hydrogen-bond donors (Lipinski definition) is 2. The molecule has 0 aromatic heterocycles. The van der Waals surface area contributed by atoms with Gasteiger partial charge in [-0.1, -0.05) is 71.1 Å². The van der Waals surface area contributed by atoms with Crippen molar-refractivity contribution in [3.05, 3.63) is 0 Å². The maximum absolute atomic E-state index is 10.2. The minimum atomic E-state index is -1.60. The molecule has 0 fully saturated rings. The van der Waals surface area contributed by atoms with Crippen molar-refractivity contribution < 1.29 is 19.8 Å². The average molecular weight is 417 g/mol. The fourth-order valence-corrected chi connectivity index (χ4v) is 3.30. The van der Waals surface area contributed by atoms with Gasteiger partial charge in [-0.15, -0.1) is 13.4 Å². The van der Waals surface area contributed by atoms with Gasteiger partial charge in [0.15, 0.2) is 0 Å². The molecule has 0 atom stereocenters. The Hall–Kier alpha value is -0.0951. The van der Waals surface area contributed by atoms with Gasteiger partial charge in [0.2, 0.25) is 0 Å². The Morgan fingerprint density at radius 2 is 0.724 bits per heavy atom. The highest BCUT2D eigenvalue weighted by Gasteiger charge is 1.94. The Kier molecular flexibility index (Phi) is 34.8. The van der Waals surface area contributed by atoms with Crippen molar-refractivity contribution in [2.75, 3.05) is 39.3 Å². The van der Waals surface area contributed by atoms with Crippen LogP contribution in [0.1, 0.15) is 113 Å². The number of quaternary nitrogens is 2. The van der Waals surface area contributed by atoms with Crippen LogP contribution >= 0.6 is 0 Å². The van der Waals surface area contributed by atoms with E-state index in [9.17, 15) is 10.0 Å². The number of nitrogens with one attached hydrogen (secondary N) is 2. The molecule has 0 aromatic carbocycles. The number of rotatable bonds is 17. The van der Waals surface area contributed by atoms with Crippen molar-refractivity contribution >= 4 is 7.12 Å². The Labute approximate surface area is 185 Å². The van der Waals surface area contributed by atoms with Crippen molar-refractivity contribution in [1.82, 2.24) is 0 Å². The highest BCUT2D eigenvalue weighted by atomic mass is 16.4. The van der Waals surface area contributed by atoms with E-state index in [1.165, 1.54) is 90.6 Å². The Morgan fingerprint density at radius 3 is 0.931 bits per heavy atom. The third-order valence-electron chi connectivity index (χ3n) is 5.79. The predicted octanol–water partition coefficient (Wildman–Crippen LogP) is 1.98. The fourth-order valence-electron chi connectivity index (χ4n) is 3.30. The molecule has 0 spiro atoms.